The molecule has 3 unspecified atom stereocenters. The van der Waals surface area contributed by atoms with Crippen LogP contribution < -0.4 is 5.32 Å². The average molecular weight is 229 g/mol. The van der Waals surface area contributed by atoms with Crippen molar-refractivity contribution < 1.29 is 4.74 Å². The van der Waals surface area contributed by atoms with E-state index in [2.05, 4.69) is 30.3 Å². The molecule has 1 aliphatic rings. The lowest BCUT2D eigenvalue weighted by Gasteiger charge is -2.23. The summed E-state index contributed by atoms with van der Waals surface area (Å²) in [4.78, 5) is 0. The zero-order valence-electron chi connectivity index (χ0n) is 10.2. The van der Waals surface area contributed by atoms with Crippen LogP contribution in [0.15, 0.2) is 30.3 Å². The van der Waals surface area contributed by atoms with Gasteiger partial charge in [-0.25, -0.2) is 0 Å². The van der Waals surface area contributed by atoms with Crippen LogP contribution >= 0.6 is 0 Å². The van der Waals surface area contributed by atoms with Crippen LogP contribution in [0.5, 0.6) is 0 Å². The number of nitrogens with one attached hydrogen (secondary N) is 1. The van der Waals surface area contributed by atoms with Crippen LogP contribution in [0.4, 0.5) is 0 Å². The van der Waals surface area contributed by atoms with Crippen LogP contribution in [0, 0.1) is 18.3 Å². The summed E-state index contributed by atoms with van der Waals surface area (Å²) in [6.45, 7) is 3.91. The average Bonchev–Trinajstić information content (AvgIpc) is 2.90. The smallest absolute Gasteiger partial charge is 0.0945 e. The van der Waals surface area contributed by atoms with E-state index in [-0.39, 0.29) is 6.04 Å². The van der Waals surface area contributed by atoms with E-state index in [9.17, 15) is 0 Å². The van der Waals surface area contributed by atoms with Gasteiger partial charge in [0, 0.05) is 12.6 Å². The summed E-state index contributed by atoms with van der Waals surface area (Å²) < 4.78 is 5.41. The standard InChI is InChI=1S/C15H19NO/c1-3-15(13-7-5-4-6-8-13)16-12(2)14-9-10-17-11-14/h1,4-8,12,14-16H,9-11H2,2H3. The third-order valence-corrected chi connectivity index (χ3v) is 3.40. The Bertz CT molecular complexity index is 376. The minimum Gasteiger partial charge on any atom is -0.381 e. The summed E-state index contributed by atoms with van der Waals surface area (Å²) in [7, 11) is 0. The number of hydrogen-bond acceptors (Lipinski definition) is 2. The number of rotatable bonds is 4. The SMILES string of the molecule is C#CC(NC(C)C1CCOC1)c1ccccc1. The molecule has 2 rings (SSSR count). The Morgan fingerprint density at radius 3 is 2.76 bits per heavy atom. The van der Waals surface area contributed by atoms with Gasteiger partial charge >= 0.3 is 0 Å². The van der Waals surface area contributed by atoms with E-state index in [1.54, 1.807) is 0 Å². The number of ether oxygens (including phenoxy) is 1. The first-order valence-corrected chi connectivity index (χ1v) is 6.16. The Hall–Kier alpha value is -1.30. The largest absolute Gasteiger partial charge is 0.381 e. The Morgan fingerprint density at radius 2 is 2.18 bits per heavy atom. The Kier molecular flexibility index (Phi) is 4.19. The quantitative estimate of drug-likeness (QED) is 0.800. The van der Waals surface area contributed by atoms with E-state index in [4.69, 9.17) is 11.2 Å². The maximum absolute atomic E-state index is 5.61. The number of terminal acetylenes is 1. The lowest BCUT2D eigenvalue weighted by Crippen LogP contribution is -2.36. The molecule has 0 aliphatic carbocycles. The van der Waals surface area contributed by atoms with Crippen molar-refractivity contribution in [3.63, 3.8) is 0 Å². The molecule has 90 valence electrons. The molecule has 3 atom stereocenters. The normalized spacial score (nSPS) is 22.9. The highest BCUT2D eigenvalue weighted by Crippen LogP contribution is 2.20. The second-order valence-electron chi connectivity index (χ2n) is 4.59. The van der Waals surface area contributed by atoms with E-state index < -0.39 is 0 Å². The summed E-state index contributed by atoms with van der Waals surface area (Å²) in [6, 6.07) is 10.6. The highest BCUT2D eigenvalue weighted by Gasteiger charge is 2.24. The molecule has 2 nitrogen and oxygen atoms in total. The van der Waals surface area contributed by atoms with E-state index in [1.807, 2.05) is 18.2 Å². The van der Waals surface area contributed by atoms with Crippen molar-refractivity contribution in [1.82, 2.24) is 5.32 Å². The van der Waals surface area contributed by atoms with E-state index in [1.165, 1.54) is 0 Å². The lowest BCUT2D eigenvalue weighted by molar-refractivity contribution is 0.177. The van der Waals surface area contributed by atoms with Crippen LogP contribution in [-0.2, 0) is 4.74 Å². The van der Waals surface area contributed by atoms with Gasteiger partial charge in [-0.2, -0.15) is 0 Å². The highest BCUT2D eigenvalue weighted by atomic mass is 16.5. The number of benzene rings is 1. The molecule has 0 amide bonds. The molecule has 1 saturated heterocycles. The molecule has 1 aromatic rings. The van der Waals surface area contributed by atoms with Gasteiger partial charge in [0.25, 0.3) is 0 Å². The first-order valence-electron chi connectivity index (χ1n) is 6.16. The van der Waals surface area contributed by atoms with Crippen molar-refractivity contribution in [2.45, 2.75) is 25.4 Å². The maximum atomic E-state index is 5.61. The fourth-order valence-corrected chi connectivity index (χ4v) is 2.23. The van der Waals surface area contributed by atoms with Crippen molar-refractivity contribution in [2.24, 2.45) is 5.92 Å². The third-order valence-electron chi connectivity index (χ3n) is 3.40. The molecule has 0 saturated carbocycles. The van der Waals surface area contributed by atoms with E-state index in [0.29, 0.717) is 12.0 Å². The number of hydrogen-bond donors (Lipinski definition) is 1. The summed E-state index contributed by atoms with van der Waals surface area (Å²) in [5, 5.41) is 3.51. The van der Waals surface area contributed by atoms with Crippen molar-refractivity contribution in [2.75, 3.05) is 13.2 Å². The molecule has 0 spiro atoms. The zero-order chi connectivity index (χ0) is 12.1. The van der Waals surface area contributed by atoms with Crippen molar-refractivity contribution in [3.05, 3.63) is 35.9 Å². The van der Waals surface area contributed by atoms with Gasteiger partial charge in [-0.15, -0.1) is 6.42 Å². The summed E-state index contributed by atoms with van der Waals surface area (Å²) in [5.74, 6) is 3.40. The van der Waals surface area contributed by atoms with Crippen LogP contribution in [0.2, 0.25) is 0 Å². The molecule has 0 bridgehead atoms. The van der Waals surface area contributed by atoms with Crippen molar-refractivity contribution in [3.8, 4) is 12.3 Å². The van der Waals surface area contributed by atoms with Crippen molar-refractivity contribution >= 4 is 0 Å². The summed E-state index contributed by atoms with van der Waals surface area (Å²) >= 11 is 0. The van der Waals surface area contributed by atoms with Gasteiger partial charge in [-0.1, -0.05) is 36.3 Å². The van der Waals surface area contributed by atoms with Gasteiger partial charge in [0.05, 0.1) is 12.6 Å². The van der Waals surface area contributed by atoms with E-state index >= 15 is 0 Å². The van der Waals surface area contributed by atoms with Gasteiger partial charge in [0.1, 0.15) is 0 Å². The molecular weight excluding hydrogens is 210 g/mol. The molecule has 1 aromatic carbocycles. The van der Waals surface area contributed by atoms with Crippen LogP contribution in [0.3, 0.4) is 0 Å². The monoisotopic (exact) mass is 229 g/mol. The Balaban J connectivity index is 1.98. The molecule has 1 aliphatic heterocycles. The molecule has 17 heavy (non-hydrogen) atoms. The molecule has 2 heteroatoms. The van der Waals surface area contributed by atoms with Gasteiger partial charge in [0.15, 0.2) is 0 Å². The fourth-order valence-electron chi connectivity index (χ4n) is 2.23. The summed E-state index contributed by atoms with van der Waals surface area (Å²) in [6.07, 6.45) is 6.73. The predicted molar refractivity (Wildman–Crippen MR) is 69.5 cm³/mol. The van der Waals surface area contributed by atoms with Gasteiger partial charge in [-0.3, -0.25) is 5.32 Å². The lowest BCUT2D eigenvalue weighted by atomic mass is 9.98. The van der Waals surface area contributed by atoms with Crippen LogP contribution in [0.25, 0.3) is 0 Å². The topological polar surface area (TPSA) is 21.3 Å². The Labute approximate surface area is 103 Å². The zero-order valence-corrected chi connectivity index (χ0v) is 10.2. The second-order valence-corrected chi connectivity index (χ2v) is 4.59. The third kappa shape index (κ3) is 3.09. The molecule has 0 aromatic heterocycles. The summed E-state index contributed by atoms with van der Waals surface area (Å²) in [5.41, 5.74) is 1.15. The molecule has 0 radical (unpaired) electrons. The van der Waals surface area contributed by atoms with Crippen LogP contribution in [-0.4, -0.2) is 19.3 Å². The highest BCUT2D eigenvalue weighted by molar-refractivity contribution is 5.25. The second kappa shape index (κ2) is 5.86. The van der Waals surface area contributed by atoms with Crippen molar-refractivity contribution in [1.29, 1.82) is 0 Å². The van der Waals surface area contributed by atoms with Gasteiger partial charge in [0.2, 0.25) is 0 Å². The first-order chi connectivity index (χ1) is 8.31. The predicted octanol–water partition coefficient (Wildman–Crippen LogP) is 2.38. The maximum Gasteiger partial charge on any atom is 0.0945 e. The molecular formula is C15H19NO. The first kappa shape index (κ1) is 12.2. The molecule has 1 N–H and O–H groups in total. The fraction of sp³-hybridized carbons (Fsp3) is 0.467. The van der Waals surface area contributed by atoms with Crippen LogP contribution in [0.1, 0.15) is 24.9 Å². The minimum atomic E-state index is -0.00759. The van der Waals surface area contributed by atoms with E-state index in [0.717, 1.165) is 25.2 Å². The van der Waals surface area contributed by atoms with Gasteiger partial charge in [-0.05, 0) is 24.8 Å². The Morgan fingerprint density at radius 1 is 1.41 bits per heavy atom. The molecule has 1 heterocycles. The molecule has 1 fully saturated rings. The van der Waals surface area contributed by atoms with Gasteiger partial charge < -0.3 is 4.74 Å². The minimum absolute atomic E-state index is 0.00759.